The van der Waals surface area contributed by atoms with Gasteiger partial charge >= 0.3 is 0 Å². The molecule has 0 aliphatic heterocycles. The normalized spacial score (nSPS) is 10.4. The zero-order valence-corrected chi connectivity index (χ0v) is 8.33. The van der Waals surface area contributed by atoms with Gasteiger partial charge in [0.1, 0.15) is 5.75 Å². The second-order valence-corrected chi connectivity index (χ2v) is 3.50. The number of phenolic OH excluding ortho intramolecular Hbond substituents is 1. The molecule has 3 nitrogen and oxygen atoms in total. The van der Waals surface area contributed by atoms with E-state index in [2.05, 4.69) is 22.6 Å². The highest BCUT2D eigenvalue weighted by atomic mass is 32.1. The van der Waals surface area contributed by atoms with Crippen molar-refractivity contribution in [1.29, 1.82) is 0 Å². The van der Waals surface area contributed by atoms with Gasteiger partial charge < -0.3 is 10.1 Å². The van der Waals surface area contributed by atoms with Crippen LogP contribution in [-0.2, 0) is 6.42 Å². The van der Waals surface area contributed by atoms with Crippen LogP contribution in [-0.4, -0.2) is 15.1 Å². The largest absolute Gasteiger partial charge is 0.508 e. The van der Waals surface area contributed by atoms with Gasteiger partial charge in [0.05, 0.1) is 0 Å². The number of rotatable bonds is 2. The van der Waals surface area contributed by atoms with Crippen LogP contribution in [0.1, 0.15) is 11.3 Å². The van der Waals surface area contributed by atoms with E-state index in [1.54, 1.807) is 18.3 Å². The van der Waals surface area contributed by atoms with Gasteiger partial charge in [0.2, 0.25) is 0 Å². The SMILES string of the molecule is Oc1ccc(Cc2cnc(S)[nH]2)cc1. The molecule has 1 aromatic carbocycles. The quantitative estimate of drug-likeness (QED) is 0.658. The summed E-state index contributed by atoms with van der Waals surface area (Å²) in [6.07, 6.45) is 2.53. The van der Waals surface area contributed by atoms with Crippen molar-refractivity contribution in [3.8, 4) is 5.75 Å². The summed E-state index contributed by atoms with van der Waals surface area (Å²) in [5, 5.41) is 9.72. The van der Waals surface area contributed by atoms with E-state index in [1.807, 2.05) is 12.1 Å². The Labute approximate surface area is 87.2 Å². The minimum Gasteiger partial charge on any atom is -0.508 e. The van der Waals surface area contributed by atoms with E-state index in [0.717, 1.165) is 17.7 Å². The smallest absolute Gasteiger partial charge is 0.162 e. The van der Waals surface area contributed by atoms with Crippen molar-refractivity contribution in [2.45, 2.75) is 11.6 Å². The van der Waals surface area contributed by atoms with Crippen molar-refractivity contribution >= 4 is 12.6 Å². The van der Waals surface area contributed by atoms with E-state index in [4.69, 9.17) is 5.11 Å². The first-order valence-electron chi connectivity index (χ1n) is 4.25. The summed E-state index contributed by atoms with van der Waals surface area (Å²) < 4.78 is 0. The molecule has 0 atom stereocenters. The molecule has 0 unspecified atom stereocenters. The average molecular weight is 206 g/mol. The number of nitrogens with one attached hydrogen (secondary N) is 1. The summed E-state index contributed by atoms with van der Waals surface area (Å²) in [7, 11) is 0. The molecule has 1 aromatic heterocycles. The third-order valence-corrected chi connectivity index (χ3v) is 2.17. The van der Waals surface area contributed by atoms with Gasteiger partial charge in [0.15, 0.2) is 5.16 Å². The summed E-state index contributed by atoms with van der Waals surface area (Å²) in [4.78, 5) is 7.02. The van der Waals surface area contributed by atoms with Gasteiger partial charge in [-0.15, -0.1) is 12.6 Å². The molecule has 0 aliphatic carbocycles. The summed E-state index contributed by atoms with van der Waals surface area (Å²) in [5.41, 5.74) is 2.14. The van der Waals surface area contributed by atoms with Gasteiger partial charge in [-0.3, -0.25) is 0 Å². The standard InChI is InChI=1S/C10H10N2OS/c13-9-3-1-7(2-4-9)5-8-6-11-10(14)12-8/h1-4,6,13H,5H2,(H2,11,12,14). The molecular formula is C10H10N2OS. The fraction of sp³-hybridized carbons (Fsp3) is 0.100. The maximum Gasteiger partial charge on any atom is 0.162 e. The number of aromatic hydroxyl groups is 1. The number of H-pyrrole nitrogens is 1. The van der Waals surface area contributed by atoms with Gasteiger partial charge in [-0.1, -0.05) is 12.1 Å². The van der Waals surface area contributed by atoms with E-state index in [-0.39, 0.29) is 5.75 Å². The number of thiol groups is 1. The summed E-state index contributed by atoms with van der Waals surface area (Å²) >= 11 is 4.08. The number of benzene rings is 1. The second-order valence-electron chi connectivity index (χ2n) is 3.08. The van der Waals surface area contributed by atoms with Crippen LogP contribution < -0.4 is 0 Å². The van der Waals surface area contributed by atoms with Gasteiger partial charge in [-0.2, -0.15) is 0 Å². The van der Waals surface area contributed by atoms with Crippen LogP contribution in [0.5, 0.6) is 5.75 Å². The molecule has 14 heavy (non-hydrogen) atoms. The lowest BCUT2D eigenvalue weighted by molar-refractivity contribution is 0.475. The van der Waals surface area contributed by atoms with E-state index >= 15 is 0 Å². The molecule has 1 heterocycles. The highest BCUT2D eigenvalue weighted by Gasteiger charge is 1.99. The van der Waals surface area contributed by atoms with Gasteiger partial charge in [0, 0.05) is 18.3 Å². The highest BCUT2D eigenvalue weighted by molar-refractivity contribution is 7.80. The van der Waals surface area contributed by atoms with Crippen molar-refractivity contribution in [2.75, 3.05) is 0 Å². The topological polar surface area (TPSA) is 48.9 Å². The van der Waals surface area contributed by atoms with E-state index in [0.29, 0.717) is 5.16 Å². The number of aromatic amines is 1. The van der Waals surface area contributed by atoms with Crippen molar-refractivity contribution in [1.82, 2.24) is 9.97 Å². The lowest BCUT2D eigenvalue weighted by Gasteiger charge is -1.98. The number of phenols is 1. The summed E-state index contributed by atoms with van der Waals surface area (Å²) in [6, 6.07) is 7.11. The molecular weight excluding hydrogens is 196 g/mol. The first-order valence-corrected chi connectivity index (χ1v) is 4.69. The zero-order chi connectivity index (χ0) is 9.97. The van der Waals surface area contributed by atoms with Crippen molar-refractivity contribution < 1.29 is 5.11 Å². The van der Waals surface area contributed by atoms with Crippen LogP contribution in [0.4, 0.5) is 0 Å². The van der Waals surface area contributed by atoms with Crippen LogP contribution in [0, 0.1) is 0 Å². The molecule has 0 saturated carbocycles. The molecule has 0 radical (unpaired) electrons. The number of aromatic nitrogens is 2. The fourth-order valence-electron chi connectivity index (χ4n) is 1.27. The Morgan fingerprint density at radius 3 is 2.57 bits per heavy atom. The maximum atomic E-state index is 9.09. The first kappa shape index (κ1) is 9.15. The average Bonchev–Trinajstić information content (AvgIpc) is 2.56. The fourth-order valence-corrected chi connectivity index (χ4v) is 1.47. The Morgan fingerprint density at radius 1 is 1.29 bits per heavy atom. The molecule has 0 aliphatic rings. The monoisotopic (exact) mass is 206 g/mol. The van der Waals surface area contributed by atoms with Crippen molar-refractivity contribution in [3.05, 3.63) is 41.7 Å². The third-order valence-electron chi connectivity index (χ3n) is 1.95. The molecule has 2 aromatic rings. The molecule has 0 spiro atoms. The number of imidazole rings is 1. The highest BCUT2D eigenvalue weighted by Crippen LogP contribution is 2.13. The van der Waals surface area contributed by atoms with E-state index in [9.17, 15) is 0 Å². The maximum absolute atomic E-state index is 9.09. The Hall–Kier alpha value is -1.42. The molecule has 2 N–H and O–H groups in total. The molecule has 0 bridgehead atoms. The minimum absolute atomic E-state index is 0.285. The summed E-state index contributed by atoms with van der Waals surface area (Å²) in [6.45, 7) is 0. The molecule has 0 amide bonds. The molecule has 2 rings (SSSR count). The van der Waals surface area contributed by atoms with Crippen LogP contribution in [0.3, 0.4) is 0 Å². The van der Waals surface area contributed by atoms with Gasteiger partial charge in [-0.05, 0) is 17.7 Å². The van der Waals surface area contributed by atoms with Crippen molar-refractivity contribution in [3.63, 3.8) is 0 Å². The Bertz CT molecular complexity index is 422. The summed E-state index contributed by atoms with van der Waals surface area (Å²) in [5.74, 6) is 0.285. The molecule has 0 saturated heterocycles. The zero-order valence-electron chi connectivity index (χ0n) is 7.44. The predicted octanol–water partition coefficient (Wildman–Crippen LogP) is 1.99. The number of hydrogen-bond donors (Lipinski definition) is 3. The lowest BCUT2D eigenvalue weighted by Crippen LogP contribution is -1.87. The Morgan fingerprint density at radius 2 is 2.00 bits per heavy atom. The Kier molecular flexibility index (Phi) is 2.45. The van der Waals surface area contributed by atoms with Gasteiger partial charge in [-0.25, -0.2) is 4.98 Å². The van der Waals surface area contributed by atoms with Crippen LogP contribution >= 0.6 is 12.6 Å². The Balaban J connectivity index is 2.15. The van der Waals surface area contributed by atoms with E-state index < -0.39 is 0 Å². The van der Waals surface area contributed by atoms with Crippen LogP contribution in [0.15, 0.2) is 35.6 Å². The second kappa shape index (κ2) is 3.75. The minimum atomic E-state index is 0.285. The number of nitrogens with zero attached hydrogens (tertiary/aromatic N) is 1. The lowest BCUT2D eigenvalue weighted by atomic mass is 10.1. The van der Waals surface area contributed by atoms with Crippen LogP contribution in [0.25, 0.3) is 0 Å². The number of hydrogen-bond acceptors (Lipinski definition) is 3. The first-order chi connectivity index (χ1) is 6.74. The molecule has 4 heteroatoms. The van der Waals surface area contributed by atoms with Crippen molar-refractivity contribution in [2.24, 2.45) is 0 Å². The van der Waals surface area contributed by atoms with E-state index in [1.165, 1.54) is 0 Å². The molecule has 72 valence electrons. The molecule has 0 fully saturated rings. The van der Waals surface area contributed by atoms with Gasteiger partial charge in [0.25, 0.3) is 0 Å². The van der Waals surface area contributed by atoms with Crippen LogP contribution in [0.2, 0.25) is 0 Å². The predicted molar refractivity (Wildman–Crippen MR) is 56.8 cm³/mol. The third kappa shape index (κ3) is 2.09.